The van der Waals surface area contributed by atoms with Crippen LogP contribution in [0.1, 0.15) is 62.4 Å². The molecule has 2 aliphatic rings. The Hall–Kier alpha value is -2.17. The normalized spacial score (nSPS) is 21.9. The van der Waals surface area contributed by atoms with Crippen LogP contribution in [0.25, 0.3) is 10.9 Å². The van der Waals surface area contributed by atoms with E-state index in [9.17, 15) is 9.59 Å². The summed E-state index contributed by atoms with van der Waals surface area (Å²) >= 11 is 0. The standard InChI is InChI=1S/C20H25N3O2/c1-2-23-15-9-4-3-8-14(15)18(24)17(22-23)19(25)21-16-10-7-13-20(16)11-5-6-12-20/h3-4,8-9,16H,2,5-7,10-13H2,1H3,(H,21,25). The molecule has 1 N–H and O–H groups in total. The van der Waals surface area contributed by atoms with Gasteiger partial charge in [0.05, 0.1) is 5.52 Å². The number of amides is 1. The van der Waals surface area contributed by atoms with Gasteiger partial charge in [-0.2, -0.15) is 5.10 Å². The SMILES string of the molecule is CCn1nc(C(=O)NC2CCCC23CCCC3)c(=O)c2ccccc21. The summed E-state index contributed by atoms with van der Waals surface area (Å²) in [7, 11) is 0. The third kappa shape index (κ3) is 2.66. The zero-order chi connectivity index (χ0) is 17.4. The second-order valence-electron chi connectivity index (χ2n) is 7.50. The lowest BCUT2D eigenvalue weighted by Crippen LogP contribution is -2.45. The van der Waals surface area contributed by atoms with Crippen molar-refractivity contribution in [2.75, 3.05) is 0 Å². The van der Waals surface area contributed by atoms with Crippen molar-refractivity contribution in [3.8, 4) is 0 Å². The number of carbonyl (C=O) groups excluding carboxylic acids is 1. The quantitative estimate of drug-likeness (QED) is 0.933. The van der Waals surface area contributed by atoms with Crippen molar-refractivity contribution in [2.24, 2.45) is 5.41 Å². The van der Waals surface area contributed by atoms with Gasteiger partial charge in [0.15, 0.2) is 5.69 Å². The number of nitrogens with one attached hydrogen (secondary N) is 1. The van der Waals surface area contributed by atoms with Gasteiger partial charge in [-0.25, -0.2) is 0 Å². The van der Waals surface area contributed by atoms with Crippen LogP contribution in [0.5, 0.6) is 0 Å². The summed E-state index contributed by atoms with van der Waals surface area (Å²) in [5.41, 5.74) is 0.799. The van der Waals surface area contributed by atoms with Crippen LogP contribution >= 0.6 is 0 Å². The highest BCUT2D eigenvalue weighted by Crippen LogP contribution is 2.50. The molecule has 2 aromatic rings. The summed E-state index contributed by atoms with van der Waals surface area (Å²) < 4.78 is 1.74. The molecule has 0 radical (unpaired) electrons. The first-order valence-electron chi connectivity index (χ1n) is 9.45. The van der Waals surface area contributed by atoms with E-state index in [1.807, 2.05) is 25.1 Å². The lowest BCUT2D eigenvalue weighted by Gasteiger charge is -2.31. The van der Waals surface area contributed by atoms with Gasteiger partial charge in [-0.1, -0.05) is 31.4 Å². The highest BCUT2D eigenvalue weighted by atomic mass is 16.2. The van der Waals surface area contributed by atoms with Crippen LogP contribution in [0.4, 0.5) is 0 Å². The highest BCUT2D eigenvalue weighted by Gasteiger charge is 2.45. The molecule has 1 aromatic heterocycles. The fourth-order valence-corrected chi connectivity index (χ4v) is 4.90. The molecule has 2 fully saturated rings. The van der Waals surface area contributed by atoms with E-state index in [0.717, 1.165) is 18.4 Å². The van der Waals surface area contributed by atoms with Gasteiger partial charge in [-0.05, 0) is 50.2 Å². The maximum Gasteiger partial charge on any atom is 0.276 e. The van der Waals surface area contributed by atoms with Crippen molar-refractivity contribution in [1.29, 1.82) is 0 Å². The van der Waals surface area contributed by atoms with E-state index in [2.05, 4.69) is 10.4 Å². The summed E-state index contributed by atoms with van der Waals surface area (Å²) in [5.74, 6) is -0.309. The highest BCUT2D eigenvalue weighted by molar-refractivity contribution is 5.95. The lowest BCUT2D eigenvalue weighted by molar-refractivity contribution is 0.0889. The molecule has 1 amide bonds. The molecule has 1 spiro atoms. The first kappa shape index (κ1) is 16.3. The van der Waals surface area contributed by atoms with Crippen LogP contribution in [0.3, 0.4) is 0 Å². The summed E-state index contributed by atoms with van der Waals surface area (Å²) in [6.45, 7) is 2.59. The summed E-state index contributed by atoms with van der Waals surface area (Å²) in [5, 5.41) is 8.10. The van der Waals surface area contributed by atoms with Crippen molar-refractivity contribution in [2.45, 2.75) is 64.5 Å². The molecular weight excluding hydrogens is 314 g/mol. The predicted octanol–water partition coefficient (Wildman–Crippen LogP) is 3.26. The third-order valence-electron chi connectivity index (χ3n) is 6.19. The Morgan fingerprint density at radius 1 is 1.24 bits per heavy atom. The molecule has 0 bridgehead atoms. The average Bonchev–Trinajstić information content (AvgIpc) is 3.26. The van der Waals surface area contributed by atoms with Crippen LogP contribution in [-0.2, 0) is 6.54 Å². The van der Waals surface area contributed by atoms with Crippen LogP contribution < -0.4 is 10.7 Å². The number of nitrogens with zero attached hydrogens (tertiary/aromatic N) is 2. The molecule has 0 aliphatic heterocycles. The Bertz CT molecular complexity index is 859. The molecule has 5 heteroatoms. The smallest absolute Gasteiger partial charge is 0.276 e. The van der Waals surface area contributed by atoms with E-state index in [0.29, 0.717) is 11.9 Å². The second-order valence-corrected chi connectivity index (χ2v) is 7.50. The summed E-state index contributed by atoms with van der Waals surface area (Å²) in [4.78, 5) is 25.7. The molecule has 1 heterocycles. The number of aromatic nitrogens is 2. The zero-order valence-electron chi connectivity index (χ0n) is 14.8. The first-order chi connectivity index (χ1) is 12.1. The van der Waals surface area contributed by atoms with Gasteiger partial charge in [0.2, 0.25) is 5.43 Å². The molecule has 5 nitrogen and oxygen atoms in total. The van der Waals surface area contributed by atoms with E-state index >= 15 is 0 Å². The fourth-order valence-electron chi connectivity index (χ4n) is 4.90. The Labute approximate surface area is 147 Å². The van der Waals surface area contributed by atoms with Gasteiger partial charge in [-0.3, -0.25) is 14.3 Å². The molecule has 25 heavy (non-hydrogen) atoms. The van der Waals surface area contributed by atoms with E-state index in [1.54, 1.807) is 10.7 Å². The van der Waals surface area contributed by atoms with Crippen LogP contribution in [0, 0.1) is 5.41 Å². The number of carbonyl (C=O) groups is 1. The number of fused-ring (bicyclic) bond motifs is 1. The number of hydrogen-bond acceptors (Lipinski definition) is 3. The topological polar surface area (TPSA) is 64.0 Å². The monoisotopic (exact) mass is 339 g/mol. The third-order valence-corrected chi connectivity index (χ3v) is 6.19. The molecule has 132 valence electrons. The van der Waals surface area contributed by atoms with Gasteiger partial charge in [0, 0.05) is 18.0 Å². The van der Waals surface area contributed by atoms with Crippen molar-refractivity contribution in [3.05, 3.63) is 40.2 Å². The van der Waals surface area contributed by atoms with Gasteiger partial charge >= 0.3 is 0 Å². The maximum atomic E-state index is 12.9. The van der Waals surface area contributed by atoms with Crippen LogP contribution in [0.15, 0.2) is 29.1 Å². The molecule has 0 saturated heterocycles. The molecule has 1 unspecified atom stereocenters. The molecule has 4 rings (SSSR count). The van der Waals surface area contributed by atoms with E-state index in [4.69, 9.17) is 0 Å². The minimum atomic E-state index is -0.309. The Morgan fingerprint density at radius 2 is 1.96 bits per heavy atom. The summed E-state index contributed by atoms with van der Waals surface area (Å²) in [6.07, 6.45) is 8.27. The summed E-state index contributed by atoms with van der Waals surface area (Å²) in [6, 6.07) is 7.55. The zero-order valence-corrected chi connectivity index (χ0v) is 14.8. The number of hydrogen-bond donors (Lipinski definition) is 1. The number of aryl methyl sites for hydroxylation is 1. The van der Waals surface area contributed by atoms with E-state index < -0.39 is 0 Å². The van der Waals surface area contributed by atoms with E-state index in [-0.39, 0.29) is 28.5 Å². The first-order valence-corrected chi connectivity index (χ1v) is 9.45. The Morgan fingerprint density at radius 3 is 2.72 bits per heavy atom. The number of rotatable bonds is 3. The van der Waals surface area contributed by atoms with Crippen molar-refractivity contribution >= 4 is 16.8 Å². The predicted molar refractivity (Wildman–Crippen MR) is 97.7 cm³/mol. The average molecular weight is 339 g/mol. The second kappa shape index (κ2) is 6.28. The van der Waals surface area contributed by atoms with Gasteiger partial charge in [0.25, 0.3) is 5.91 Å². The van der Waals surface area contributed by atoms with Crippen molar-refractivity contribution < 1.29 is 4.79 Å². The molecule has 2 aliphatic carbocycles. The molecule has 1 atom stereocenters. The lowest BCUT2D eigenvalue weighted by atomic mass is 9.81. The van der Waals surface area contributed by atoms with Crippen LogP contribution in [-0.4, -0.2) is 21.7 Å². The minimum absolute atomic E-state index is 0.0283. The molecule has 2 saturated carbocycles. The minimum Gasteiger partial charge on any atom is -0.347 e. The fraction of sp³-hybridized carbons (Fsp3) is 0.550. The van der Waals surface area contributed by atoms with Gasteiger partial charge in [0.1, 0.15) is 0 Å². The number of benzene rings is 1. The Balaban J connectivity index is 1.68. The molecule has 1 aromatic carbocycles. The molecular formula is C20H25N3O2. The van der Waals surface area contributed by atoms with Crippen molar-refractivity contribution in [1.82, 2.24) is 15.1 Å². The van der Waals surface area contributed by atoms with Crippen molar-refractivity contribution in [3.63, 3.8) is 0 Å². The van der Waals surface area contributed by atoms with E-state index in [1.165, 1.54) is 32.1 Å². The largest absolute Gasteiger partial charge is 0.347 e. The van der Waals surface area contributed by atoms with Gasteiger partial charge in [-0.15, -0.1) is 0 Å². The van der Waals surface area contributed by atoms with Gasteiger partial charge < -0.3 is 5.32 Å². The maximum absolute atomic E-state index is 12.9. The Kier molecular flexibility index (Phi) is 4.10. The number of para-hydroxylation sites is 1. The van der Waals surface area contributed by atoms with Crippen LogP contribution in [0.2, 0.25) is 0 Å².